The number of nitrogens with one attached hydrogen (secondary N) is 4. The van der Waals surface area contributed by atoms with Crippen LogP contribution in [0, 0.1) is 0 Å². The topological polar surface area (TPSA) is 138 Å². The van der Waals surface area contributed by atoms with E-state index in [0.717, 1.165) is 19.6 Å². The predicted octanol–water partition coefficient (Wildman–Crippen LogP) is 4.17. The number of nitrogens with zero attached hydrogens (tertiary/aromatic N) is 5. The number of anilines is 1. The zero-order valence-electron chi connectivity index (χ0n) is 27.0. The van der Waals surface area contributed by atoms with Crippen molar-refractivity contribution in [3.63, 3.8) is 0 Å². The van der Waals surface area contributed by atoms with Crippen LogP contribution in [-0.4, -0.2) is 81.7 Å². The lowest BCUT2D eigenvalue weighted by Gasteiger charge is -2.26. The Labute approximate surface area is 275 Å². The first-order chi connectivity index (χ1) is 23.1. The number of urea groups is 1. The molecule has 0 saturated carbocycles. The Morgan fingerprint density at radius 3 is 2.34 bits per heavy atom. The zero-order chi connectivity index (χ0) is 32.4. The van der Waals surface area contributed by atoms with Crippen molar-refractivity contribution < 1.29 is 14.3 Å². The molecule has 4 heterocycles. The quantitative estimate of drug-likeness (QED) is 0.171. The van der Waals surface area contributed by atoms with Crippen molar-refractivity contribution >= 4 is 28.9 Å². The molecule has 2 aliphatic rings. The Morgan fingerprint density at radius 2 is 1.64 bits per heavy atom. The van der Waals surface area contributed by atoms with Gasteiger partial charge in [-0.1, -0.05) is 67.1 Å². The van der Waals surface area contributed by atoms with Crippen LogP contribution in [0.2, 0.25) is 0 Å². The van der Waals surface area contributed by atoms with E-state index in [0.29, 0.717) is 55.3 Å². The maximum absolute atomic E-state index is 12.7. The monoisotopic (exact) mass is 639 g/mol. The van der Waals surface area contributed by atoms with Crippen LogP contribution in [0.4, 0.5) is 10.6 Å². The third-order valence-corrected chi connectivity index (χ3v) is 8.87. The number of rotatable bonds is 13. The van der Waals surface area contributed by atoms with Crippen LogP contribution in [0.25, 0.3) is 11.2 Å². The van der Waals surface area contributed by atoms with Gasteiger partial charge < -0.3 is 30.9 Å². The molecule has 2 atom stereocenters. The predicted molar refractivity (Wildman–Crippen MR) is 181 cm³/mol. The lowest BCUT2D eigenvalue weighted by atomic mass is 9.91. The number of fused-ring (bicyclic) bond motifs is 1. The van der Waals surface area contributed by atoms with E-state index < -0.39 is 12.3 Å². The van der Waals surface area contributed by atoms with Gasteiger partial charge >= 0.3 is 6.03 Å². The third kappa shape index (κ3) is 8.25. The minimum atomic E-state index is -0.524. The van der Waals surface area contributed by atoms with Gasteiger partial charge in [0.15, 0.2) is 22.8 Å². The number of benzene rings is 2. The van der Waals surface area contributed by atoms with Gasteiger partial charge in [-0.25, -0.2) is 19.7 Å². The molecule has 2 fully saturated rings. The highest BCUT2D eigenvalue weighted by Crippen LogP contribution is 2.32. The Morgan fingerprint density at radius 1 is 0.915 bits per heavy atom. The molecular formula is C35H45N9O3. The lowest BCUT2D eigenvalue weighted by Crippen LogP contribution is -2.41. The largest absolute Gasteiger partial charge is 0.367 e. The minimum absolute atomic E-state index is 0.0627. The molecule has 0 spiro atoms. The van der Waals surface area contributed by atoms with Crippen molar-refractivity contribution in [2.24, 2.45) is 0 Å². The van der Waals surface area contributed by atoms with Crippen LogP contribution in [0.1, 0.15) is 68.1 Å². The van der Waals surface area contributed by atoms with E-state index in [1.807, 2.05) is 47.9 Å². The molecule has 0 unspecified atom stereocenters. The summed E-state index contributed by atoms with van der Waals surface area (Å²) in [5.74, 6) is 0.974. The van der Waals surface area contributed by atoms with Gasteiger partial charge in [0.25, 0.3) is 0 Å². The second-order valence-corrected chi connectivity index (χ2v) is 12.1. The summed E-state index contributed by atoms with van der Waals surface area (Å²) >= 11 is 0. The van der Waals surface area contributed by atoms with Crippen molar-refractivity contribution in [1.29, 1.82) is 0 Å². The SMILES string of the molecule is CCNC(=O)[C@@H]1CC[C@H](n2cnc3c(NCC(c4ccccc4)c4ccccc4)nc(CNC(=O)NCCN4CCCCC4)nc32)O1. The maximum Gasteiger partial charge on any atom is 0.315 e. The van der Waals surface area contributed by atoms with E-state index in [4.69, 9.17) is 19.7 Å². The van der Waals surface area contributed by atoms with Gasteiger partial charge in [-0.2, -0.15) is 0 Å². The summed E-state index contributed by atoms with van der Waals surface area (Å²) in [6, 6.07) is 20.5. The van der Waals surface area contributed by atoms with E-state index in [-0.39, 0.29) is 24.4 Å². The highest BCUT2D eigenvalue weighted by molar-refractivity contribution is 5.83. The molecule has 0 aliphatic carbocycles. The average Bonchev–Trinajstić information content (AvgIpc) is 3.77. The van der Waals surface area contributed by atoms with E-state index in [9.17, 15) is 9.59 Å². The number of hydrogen-bond acceptors (Lipinski definition) is 8. The molecule has 2 aromatic heterocycles. The highest BCUT2D eigenvalue weighted by atomic mass is 16.5. The molecule has 4 N–H and O–H groups in total. The van der Waals surface area contributed by atoms with Gasteiger partial charge in [0.05, 0.1) is 12.9 Å². The fourth-order valence-corrected chi connectivity index (χ4v) is 6.41. The van der Waals surface area contributed by atoms with Gasteiger partial charge in [-0.3, -0.25) is 9.36 Å². The number of imidazole rings is 1. The van der Waals surface area contributed by atoms with Gasteiger partial charge in [0.1, 0.15) is 12.3 Å². The van der Waals surface area contributed by atoms with Crippen LogP contribution in [0.5, 0.6) is 0 Å². The second kappa shape index (κ2) is 15.8. The van der Waals surface area contributed by atoms with Crippen molar-refractivity contribution in [1.82, 2.24) is 40.4 Å². The fourth-order valence-electron chi connectivity index (χ4n) is 6.41. The minimum Gasteiger partial charge on any atom is -0.367 e. The number of carbonyl (C=O) groups excluding carboxylic acids is 2. The average molecular weight is 640 g/mol. The Bertz CT molecular complexity index is 1570. The summed E-state index contributed by atoms with van der Waals surface area (Å²) in [6.45, 7) is 6.74. The normalized spacial score (nSPS) is 18.3. The van der Waals surface area contributed by atoms with E-state index in [1.165, 1.54) is 30.4 Å². The van der Waals surface area contributed by atoms with Crippen LogP contribution < -0.4 is 21.3 Å². The first-order valence-corrected chi connectivity index (χ1v) is 16.8. The number of carbonyl (C=O) groups is 2. The molecule has 0 bridgehead atoms. The van der Waals surface area contributed by atoms with E-state index in [1.54, 1.807) is 6.33 Å². The number of piperidine rings is 1. The van der Waals surface area contributed by atoms with Gasteiger partial charge in [0, 0.05) is 32.1 Å². The fraction of sp³-hybridized carbons (Fsp3) is 0.457. The number of hydrogen-bond donors (Lipinski definition) is 4. The van der Waals surface area contributed by atoms with Gasteiger partial charge in [-0.15, -0.1) is 0 Å². The molecule has 2 aliphatic heterocycles. The standard InChI is InChI=1S/C35H45N9O3/c1-2-36-34(45)28-16-17-30(47-28)44-24-40-31-32(38-22-27(25-12-6-3-7-13-25)26-14-8-4-9-15-26)41-29(42-33(31)44)23-39-35(46)37-18-21-43-19-10-5-11-20-43/h3-4,6-9,12-15,24,27-28,30H,2,5,10-11,16-23H2,1H3,(H,36,45)(H2,37,39,46)(H,38,41,42)/t28-,30+/m0/s1. The van der Waals surface area contributed by atoms with E-state index in [2.05, 4.69) is 50.4 Å². The van der Waals surface area contributed by atoms with Crippen molar-refractivity contribution in [3.8, 4) is 0 Å². The van der Waals surface area contributed by atoms with Crippen molar-refractivity contribution in [2.75, 3.05) is 44.6 Å². The van der Waals surface area contributed by atoms with Gasteiger partial charge in [-0.05, 0) is 56.8 Å². The molecular weight excluding hydrogens is 594 g/mol. The molecule has 4 aromatic rings. The van der Waals surface area contributed by atoms with Crippen LogP contribution >= 0.6 is 0 Å². The number of aromatic nitrogens is 4. The molecule has 0 radical (unpaired) electrons. The van der Waals surface area contributed by atoms with Crippen LogP contribution in [-0.2, 0) is 16.1 Å². The summed E-state index contributed by atoms with van der Waals surface area (Å²) in [5, 5.41) is 12.3. The summed E-state index contributed by atoms with van der Waals surface area (Å²) in [6.07, 6.45) is 5.76. The van der Waals surface area contributed by atoms with Crippen LogP contribution in [0.3, 0.4) is 0 Å². The van der Waals surface area contributed by atoms with Crippen molar-refractivity contribution in [3.05, 3.63) is 83.9 Å². The zero-order valence-corrected chi connectivity index (χ0v) is 27.0. The third-order valence-electron chi connectivity index (χ3n) is 8.87. The molecule has 12 heteroatoms. The number of amides is 3. The molecule has 6 rings (SSSR count). The van der Waals surface area contributed by atoms with Gasteiger partial charge in [0.2, 0.25) is 5.91 Å². The summed E-state index contributed by atoms with van der Waals surface area (Å²) in [4.78, 5) is 42.0. The van der Waals surface area contributed by atoms with Crippen molar-refractivity contribution in [2.45, 2.75) is 63.8 Å². The Balaban J connectivity index is 1.21. The number of likely N-dealkylation sites (N-methyl/N-ethyl adjacent to an activating group) is 1. The lowest BCUT2D eigenvalue weighted by molar-refractivity contribution is -0.133. The number of likely N-dealkylation sites (tertiary alicyclic amines) is 1. The molecule has 12 nitrogen and oxygen atoms in total. The second-order valence-electron chi connectivity index (χ2n) is 12.1. The molecule has 47 heavy (non-hydrogen) atoms. The molecule has 2 saturated heterocycles. The van der Waals surface area contributed by atoms with E-state index >= 15 is 0 Å². The highest BCUT2D eigenvalue weighted by Gasteiger charge is 2.33. The Kier molecular flexibility index (Phi) is 10.9. The molecule has 248 valence electrons. The molecule has 2 aromatic carbocycles. The maximum atomic E-state index is 12.7. The summed E-state index contributed by atoms with van der Waals surface area (Å²) in [5.41, 5.74) is 3.55. The first kappa shape index (κ1) is 32.4. The summed E-state index contributed by atoms with van der Waals surface area (Å²) < 4.78 is 8.03. The number of ether oxygens (including phenoxy) is 1. The van der Waals surface area contributed by atoms with Crippen LogP contribution in [0.15, 0.2) is 67.0 Å². The molecule has 3 amide bonds. The summed E-state index contributed by atoms with van der Waals surface area (Å²) in [7, 11) is 0. The Hall–Kier alpha value is -4.55. The first-order valence-electron chi connectivity index (χ1n) is 16.8. The smallest absolute Gasteiger partial charge is 0.315 e.